The molecule has 0 fully saturated rings. The van der Waals surface area contributed by atoms with E-state index < -0.39 is 10.0 Å². The summed E-state index contributed by atoms with van der Waals surface area (Å²) < 4.78 is 42.0. The van der Waals surface area contributed by atoms with E-state index in [4.69, 9.17) is 13.9 Å². The van der Waals surface area contributed by atoms with Crippen LogP contribution >= 0.6 is 0 Å². The van der Waals surface area contributed by atoms with Crippen molar-refractivity contribution in [2.24, 2.45) is 0 Å². The molecule has 2 aromatic rings. The van der Waals surface area contributed by atoms with Crippen LogP contribution in [0.15, 0.2) is 45.9 Å². The first-order chi connectivity index (χ1) is 10.5. The van der Waals surface area contributed by atoms with E-state index in [2.05, 4.69) is 0 Å². The molecule has 0 saturated heterocycles. The van der Waals surface area contributed by atoms with Crippen LogP contribution in [0.3, 0.4) is 0 Å². The molecule has 0 bridgehead atoms. The molecule has 7 heteroatoms. The van der Waals surface area contributed by atoms with Gasteiger partial charge in [0.15, 0.2) is 0 Å². The molecule has 0 saturated carbocycles. The summed E-state index contributed by atoms with van der Waals surface area (Å²) in [6.45, 7) is 0.311. The Bertz CT molecular complexity index is 710. The Balaban J connectivity index is 2.21. The predicted molar refractivity (Wildman–Crippen MR) is 81.8 cm³/mol. The summed E-state index contributed by atoms with van der Waals surface area (Å²) in [4.78, 5) is 0.109. The number of rotatable bonds is 7. The van der Waals surface area contributed by atoms with Gasteiger partial charge in [0.25, 0.3) is 0 Å². The lowest BCUT2D eigenvalue weighted by Gasteiger charge is -2.18. The van der Waals surface area contributed by atoms with E-state index in [1.54, 1.807) is 24.5 Å². The van der Waals surface area contributed by atoms with E-state index in [0.717, 1.165) is 5.76 Å². The SMILES string of the molecule is COc1ccc(S(=O)(=O)N(C)CCc2ccco2)c(OC)c1. The van der Waals surface area contributed by atoms with Gasteiger partial charge in [-0.15, -0.1) is 0 Å². The second kappa shape index (κ2) is 6.85. The average Bonchev–Trinajstić information content (AvgIpc) is 3.05. The molecule has 120 valence electrons. The van der Waals surface area contributed by atoms with Crippen molar-refractivity contribution < 1.29 is 22.3 Å². The summed E-state index contributed by atoms with van der Waals surface area (Å²) in [5.74, 6) is 1.53. The lowest BCUT2D eigenvalue weighted by molar-refractivity contribution is 0.383. The lowest BCUT2D eigenvalue weighted by Crippen LogP contribution is -2.29. The number of sulfonamides is 1. The standard InChI is InChI=1S/C15H19NO5S/c1-16(9-8-12-5-4-10-21-12)22(17,18)15-7-6-13(19-2)11-14(15)20-3/h4-7,10-11H,8-9H2,1-3H3. The molecule has 1 aromatic carbocycles. The third-order valence-electron chi connectivity index (χ3n) is 3.31. The minimum atomic E-state index is -3.65. The van der Waals surface area contributed by atoms with Gasteiger partial charge >= 0.3 is 0 Å². The highest BCUT2D eigenvalue weighted by atomic mass is 32.2. The fourth-order valence-electron chi connectivity index (χ4n) is 2.00. The van der Waals surface area contributed by atoms with Gasteiger partial charge in [0.2, 0.25) is 10.0 Å². The fraction of sp³-hybridized carbons (Fsp3) is 0.333. The van der Waals surface area contributed by atoms with Gasteiger partial charge in [0.05, 0.1) is 20.5 Å². The number of ether oxygens (including phenoxy) is 2. The largest absolute Gasteiger partial charge is 0.497 e. The van der Waals surface area contributed by atoms with E-state index in [9.17, 15) is 8.42 Å². The van der Waals surface area contributed by atoms with Gasteiger partial charge < -0.3 is 13.9 Å². The highest BCUT2D eigenvalue weighted by Crippen LogP contribution is 2.30. The van der Waals surface area contributed by atoms with E-state index in [-0.39, 0.29) is 10.6 Å². The van der Waals surface area contributed by atoms with Crippen molar-refractivity contribution in [2.45, 2.75) is 11.3 Å². The summed E-state index contributed by atoms with van der Waals surface area (Å²) in [6, 6.07) is 8.21. The molecule has 0 unspecified atom stereocenters. The molecular formula is C15H19NO5S. The van der Waals surface area contributed by atoms with Crippen LogP contribution in [-0.4, -0.2) is 40.5 Å². The first-order valence-corrected chi connectivity index (χ1v) is 8.14. The molecule has 0 radical (unpaired) electrons. The molecule has 0 aliphatic rings. The molecule has 0 atom stereocenters. The van der Waals surface area contributed by atoms with Crippen molar-refractivity contribution in [1.29, 1.82) is 0 Å². The van der Waals surface area contributed by atoms with Crippen LogP contribution in [0.1, 0.15) is 5.76 Å². The van der Waals surface area contributed by atoms with Gasteiger partial charge in [-0.25, -0.2) is 12.7 Å². The fourth-order valence-corrected chi connectivity index (χ4v) is 3.30. The Morgan fingerprint density at radius 3 is 2.55 bits per heavy atom. The first-order valence-electron chi connectivity index (χ1n) is 6.69. The second-order valence-corrected chi connectivity index (χ2v) is 6.69. The summed E-state index contributed by atoms with van der Waals surface area (Å²) in [5.41, 5.74) is 0. The minimum absolute atomic E-state index is 0.109. The molecule has 0 amide bonds. The van der Waals surface area contributed by atoms with E-state index in [1.807, 2.05) is 6.07 Å². The molecule has 0 spiro atoms. The molecule has 0 aliphatic carbocycles. The maximum absolute atomic E-state index is 12.6. The second-order valence-electron chi connectivity index (χ2n) is 4.67. The Morgan fingerprint density at radius 2 is 1.95 bits per heavy atom. The summed E-state index contributed by atoms with van der Waals surface area (Å²) in [6.07, 6.45) is 2.07. The third-order valence-corrected chi connectivity index (χ3v) is 5.21. The van der Waals surface area contributed by atoms with Crippen molar-refractivity contribution in [3.05, 3.63) is 42.4 Å². The average molecular weight is 325 g/mol. The Labute approximate surface area is 130 Å². The molecule has 2 rings (SSSR count). The zero-order valence-corrected chi connectivity index (χ0v) is 13.6. The van der Waals surface area contributed by atoms with Crippen LogP contribution < -0.4 is 9.47 Å². The number of hydrogen-bond acceptors (Lipinski definition) is 5. The molecule has 0 aliphatic heterocycles. The van der Waals surface area contributed by atoms with Crippen LogP contribution in [0.4, 0.5) is 0 Å². The highest BCUT2D eigenvalue weighted by Gasteiger charge is 2.25. The summed E-state index contributed by atoms with van der Waals surface area (Å²) in [7, 11) is 0.820. The Kier molecular flexibility index (Phi) is 5.10. The highest BCUT2D eigenvalue weighted by molar-refractivity contribution is 7.89. The van der Waals surface area contributed by atoms with Crippen LogP contribution in [-0.2, 0) is 16.4 Å². The number of hydrogen-bond donors (Lipinski definition) is 0. The molecule has 0 N–H and O–H groups in total. The van der Waals surface area contributed by atoms with Crippen molar-refractivity contribution in [3.8, 4) is 11.5 Å². The maximum Gasteiger partial charge on any atom is 0.246 e. The van der Waals surface area contributed by atoms with Gasteiger partial charge in [0, 0.05) is 26.1 Å². The van der Waals surface area contributed by atoms with Crippen LogP contribution in [0, 0.1) is 0 Å². The van der Waals surface area contributed by atoms with Crippen molar-refractivity contribution in [1.82, 2.24) is 4.31 Å². The summed E-state index contributed by atoms with van der Waals surface area (Å²) in [5, 5.41) is 0. The Morgan fingerprint density at radius 1 is 1.18 bits per heavy atom. The number of furan rings is 1. The van der Waals surface area contributed by atoms with Gasteiger partial charge in [-0.1, -0.05) is 0 Å². The Hall–Kier alpha value is -1.99. The van der Waals surface area contributed by atoms with Crippen molar-refractivity contribution in [2.75, 3.05) is 27.8 Å². The van der Waals surface area contributed by atoms with Gasteiger partial charge in [-0.3, -0.25) is 0 Å². The molecule has 6 nitrogen and oxygen atoms in total. The quantitative estimate of drug-likeness (QED) is 0.780. The van der Waals surface area contributed by atoms with E-state index in [0.29, 0.717) is 18.7 Å². The van der Waals surface area contributed by atoms with Gasteiger partial charge in [-0.2, -0.15) is 0 Å². The van der Waals surface area contributed by atoms with Crippen molar-refractivity contribution in [3.63, 3.8) is 0 Å². The third kappa shape index (κ3) is 3.42. The van der Waals surface area contributed by atoms with Crippen LogP contribution in [0.25, 0.3) is 0 Å². The predicted octanol–water partition coefficient (Wildman–Crippen LogP) is 2.16. The molecule has 1 heterocycles. The van der Waals surface area contributed by atoms with E-state index in [1.165, 1.54) is 31.6 Å². The smallest absolute Gasteiger partial charge is 0.246 e. The number of benzene rings is 1. The normalized spacial score (nSPS) is 11.6. The zero-order chi connectivity index (χ0) is 16.2. The van der Waals surface area contributed by atoms with Crippen LogP contribution in [0.5, 0.6) is 11.5 Å². The summed E-state index contributed by atoms with van der Waals surface area (Å²) >= 11 is 0. The zero-order valence-electron chi connectivity index (χ0n) is 12.8. The number of likely N-dealkylation sites (N-methyl/N-ethyl adjacent to an activating group) is 1. The van der Waals surface area contributed by atoms with Gasteiger partial charge in [0.1, 0.15) is 22.2 Å². The minimum Gasteiger partial charge on any atom is -0.497 e. The molecular weight excluding hydrogens is 306 g/mol. The van der Waals surface area contributed by atoms with Crippen molar-refractivity contribution >= 4 is 10.0 Å². The monoisotopic (exact) mass is 325 g/mol. The number of methoxy groups -OCH3 is 2. The maximum atomic E-state index is 12.6. The molecule has 1 aromatic heterocycles. The number of nitrogens with zero attached hydrogens (tertiary/aromatic N) is 1. The molecule has 22 heavy (non-hydrogen) atoms. The van der Waals surface area contributed by atoms with E-state index >= 15 is 0 Å². The van der Waals surface area contributed by atoms with Crippen LogP contribution in [0.2, 0.25) is 0 Å². The van der Waals surface area contributed by atoms with Gasteiger partial charge in [-0.05, 0) is 24.3 Å². The lowest BCUT2D eigenvalue weighted by atomic mass is 10.3. The topological polar surface area (TPSA) is 69.0 Å². The first kappa shape index (κ1) is 16.4.